The fourth-order valence-electron chi connectivity index (χ4n) is 9.69. The van der Waals surface area contributed by atoms with Gasteiger partial charge in [0.05, 0.1) is 107 Å². The van der Waals surface area contributed by atoms with Crippen molar-refractivity contribution in [1.29, 1.82) is 0 Å². The molecule has 0 radical (unpaired) electrons. The van der Waals surface area contributed by atoms with Gasteiger partial charge in [0.25, 0.3) is 11.8 Å². The minimum absolute atomic E-state index is 0.0108. The SMILES string of the molecule is Cc1cccc(-c2[nH]c(CNc3cccc(C)c3F)nc2-c2ccc3ncc(OCCNC(=O)OCc4ccc(NC(=O)[C@H](CCCNC(N)=O)NC(=O)[C@@H](NC(=O)[C@H](CCC(=O)O)NC(=O)CCOCCOCCOCCOCCN5C(=O)C=CC5=O)C(C)C)cc4)cc3c2)n1. The molecule has 3 atom stereocenters. The first kappa shape index (κ1) is 74.0. The van der Waals surface area contributed by atoms with Crippen LogP contribution in [0.25, 0.3) is 33.5 Å². The van der Waals surface area contributed by atoms with E-state index in [9.17, 15) is 52.6 Å². The predicted octanol–water partition coefficient (Wildman–Crippen LogP) is 5.10. The van der Waals surface area contributed by atoms with Crippen molar-refractivity contribution in [1.82, 2.24) is 51.4 Å². The van der Waals surface area contributed by atoms with Crippen molar-refractivity contribution < 1.29 is 81.1 Å². The number of pyridine rings is 2. The highest BCUT2D eigenvalue weighted by atomic mass is 19.1. The number of carboxylic acids is 1. The second-order valence-electron chi connectivity index (χ2n) is 22.6. The first-order valence-corrected chi connectivity index (χ1v) is 31.6. The number of imide groups is 1. The first-order chi connectivity index (χ1) is 46.7. The number of nitrogens with two attached hydrogens (primary N) is 1. The average molecular weight is 1340 g/mol. The number of nitrogens with zero attached hydrogens (tertiary/aromatic N) is 4. The molecule has 0 bridgehead atoms. The van der Waals surface area contributed by atoms with E-state index in [1.807, 2.05) is 49.4 Å². The Morgan fingerprint density at radius 1 is 0.711 bits per heavy atom. The predicted molar refractivity (Wildman–Crippen MR) is 353 cm³/mol. The minimum atomic E-state index is -1.36. The summed E-state index contributed by atoms with van der Waals surface area (Å²) in [6.07, 6.45) is 2.48. The maximum atomic E-state index is 14.8. The third-order valence-corrected chi connectivity index (χ3v) is 14.8. The average Bonchev–Trinajstić information content (AvgIpc) is 1.71. The van der Waals surface area contributed by atoms with Crippen molar-refractivity contribution in [2.24, 2.45) is 11.7 Å². The Kier molecular flexibility index (Phi) is 29.1. The fraction of sp³-hybridized carbons (Fsp3) is 0.403. The summed E-state index contributed by atoms with van der Waals surface area (Å²) in [7, 11) is 0. The van der Waals surface area contributed by atoms with Gasteiger partial charge in [-0.2, -0.15) is 0 Å². The Morgan fingerprint density at radius 3 is 2.09 bits per heavy atom. The van der Waals surface area contributed by atoms with Crippen LogP contribution in [-0.4, -0.2) is 181 Å². The van der Waals surface area contributed by atoms with Crippen molar-refractivity contribution in [3.63, 3.8) is 0 Å². The molecule has 97 heavy (non-hydrogen) atoms. The van der Waals surface area contributed by atoms with E-state index in [0.717, 1.165) is 21.5 Å². The van der Waals surface area contributed by atoms with Crippen LogP contribution >= 0.6 is 0 Å². The number of nitrogens with one attached hydrogen (secondary N) is 8. The van der Waals surface area contributed by atoms with Crippen LogP contribution in [0.1, 0.15) is 68.6 Å². The monoisotopic (exact) mass is 1340 g/mol. The number of urea groups is 1. The molecule has 11 N–H and O–H groups in total. The molecule has 1 aliphatic rings. The zero-order chi connectivity index (χ0) is 69.6. The number of aliphatic carboxylic acids is 1. The molecule has 0 fully saturated rings. The molecule has 0 spiro atoms. The summed E-state index contributed by atoms with van der Waals surface area (Å²) >= 11 is 0. The van der Waals surface area contributed by atoms with E-state index >= 15 is 0 Å². The van der Waals surface area contributed by atoms with E-state index in [4.69, 9.17) is 44.1 Å². The number of halogens is 1. The van der Waals surface area contributed by atoms with Gasteiger partial charge < -0.3 is 81.5 Å². The molecule has 518 valence electrons. The number of fused-ring (bicyclic) bond motifs is 1. The molecular formula is C67H82FN13O16. The van der Waals surface area contributed by atoms with E-state index in [2.05, 4.69) is 47.2 Å². The number of imidazole rings is 1. The van der Waals surface area contributed by atoms with Gasteiger partial charge in [-0.05, 0) is 98.7 Å². The van der Waals surface area contributed by atoms with Crippen LogP contribution in [0.3, 0.4) is 0 Å². The molecule has 1 aliphatic heterocycles. The lowest BCUT2D eigenvalue weighted by atomic mass is 10.0. The van der Waals surface area contributed by atoms with Gasteiger partial charge in [-0.3, -0.25) is 48.4 Å². The normalized spacial score (nSPS) is 12.8. The molecule has 3 aromatic heterocycles. The third kappa shape index (κ3) is 24.4. The quantitative estimate of drug-likeness (QED) is 0.0176. The number of alkyl carbamates (subject to hydrolysis) is 1. The number of carbonyl (C=O) groups excluding carboxylic acids is 8. The summed E-state index contributed by atoms with van der Waals surface area (Å²) in [6.45, 7) is 8.81. The van der Waals surface area contributed by atoms with E-state index in [0.29, 0.717) is 56.7 Å². The lowest BCUT2D eigenvalue weighted by Crippen LogP contribution is -2.58. The highest BCUT2D eigenvalue weighted by molar-refractivity contribution is 6.12. The number of rotatable bonds is 41. The van der Waals surface area contributed by atoms with Crippen LogP contribution in [0.15, 0.2) is 103 Å². The zero-order valence-corrected chi connectivity index (χ0v) is 54.4. The maximum absolute atomic E-state index is 14.8. The van der Waals surface area contributed by atoms with Crippen LogP contribution < -0.4 is 47.7 Å². The molecular weight excluding hydrogens is 1260 g/mol. The molecule has 0 saturated heterocycles. The van der Waals surface area contributed by atoms with Crippen LogP contribution in [0.2, 0.25) is 0 Å². The first-order valence-electron chi connectivity index (χ1n) is 31.6. The van der Waals surface area contributed by atoms with E-state index < -0.39 is 72.2 Å². The third-order valence-electron chi connectivity index (χ3n) is 14.8. The molecule has 0 aliphatic carbocycles. The van der Waals surface area contributed by atoms with Crippen molar-refractivity contribution in [3.05, 3.63) is 132 Å². The van der Waals surface area contributed by atoms with Crippen LogP contribution in [0.4, 0.5) is 25.4 Å². The number of benzene rings is 3. The number of aromatic amines is 1. The van der Waals surface area contributed by atoms with E-state index in [-0.39, 0.29) is 136 Å². The van der Waals surface area contributed by atoms with E-state index in [1.54, 1.807) is 69.4 Å². The Hall–Kier alpha value is -10.4. The molecule has 3 aromatic carbocycles. The summed E-state index contributed by atoms with van der Waals surface area (Å²) in [5, 5.41) is 29.0. The van der Waals surface area contributed by atoms with Gasteiger partial charge in [-0.25, -0.2) is 19.0 Å². The number of aromatic nitrogens is 4. The Balaban J connectivity index is 0.834. The number of carbonyl (C=O) groups is 9. The van der Waals surface area contributed by atoms with Gasteiger partial charge in [0, 0.05) is 53.9 Å². The standard InChI is InChI=1S/C67H82FN13O16/c1-41(2)60(80-64(88)53(19-22-58(85)86)76-55(82)23-27-92-30-32-94-34-35-95-33-31-93-29-26-81-56(83)20-21-57(81)84)65(89)77-52(12-7-24-70-66(69)90)63(87)75-47-16-13-44(14-17-47)40-97-67(91)71-25-28-96-48-37-46-36-45(15-18-49(46)72-38-48)61-62(51-11-6-9-43(4)74-51)79-54(78-61)39-73-50-10-5-8-42(3)59(50)68/h5-6,8-11,13-18,20-21,36-38,41,52-53,60,73H,7,12,19,22-35,39-40H2,1-4H3,(H,71,91)(H,75,87)(H,76,82)(H,77,89)(H,78,79)(H,80,88)(H,85,86)(H3,69,70,90)/t52-,53-,60-/m0/s1. The molecule has 29 nitrogen and oxygen atoms in total. The number of primary amides is 1. The largest absolute Gasteiger partial charge is 0.490 e. The molecule has 6 aromatic rings. The van der Waals surface area contributed by atoms with Crippen LogP contribution in [-0.2, 0) is 70.4 Å². The summed E-state index contributed by atoms with van der Waals surface area (Å²) in [5.41, 5.74) is 11.3. The lowest BCUT2D eigenvalue weighted by Gasteiger charge is -2.27. The smallest absolute Gasteiger partial charge is 0.407 e. The maximum Gasteiger partial charge on any atom is 0.407 e. The van der Waals surface area contributed by atoms with Gasteiger partial charge >= 0.3 is 18.1 Å². The zero-order valence-electron chi connectivity index (χ0n) is 54.4. The second kappa shape index (κ2) is 38.2. The highest BCUT2D eigenvalue weighted by Gasteiger charge is 2.32. The Bertz CT molecular complexity index is 3700. The summed E-state index contributed by atoms with van der Waals surface area (Å²) in [6, 6.07) is 20.2. The molecule has 7 rings (SSSR count). The summed E-state index contributed by atoms with van der Waals surface area (Å²) < 4.78 is 48.0. The van der Waals surface area contributed by atoms with Crippen molar-refractivity contribution >= 4 is 75.8 Å². The number of hydrogen-bond donors (Lipinski definition) is 10. The number of ether oxygens (including phenoxy) is 6. The minimum Gasteiger partial charge on any atom is -0.490 e. The molecule has 0 unspecified atom stereocenters. The molecule has 4 heterocycles. The fourth-order valence-corrected chi connectivity index (χ4v) is 9.69. The lowest BCUT2D eigenvalue weighted by molar-refractivity contribution is -0.139. The van der Waals surface area contributed by atoms with Crippen molar-refractivity contribution in [3.8, 4) is 28.4 Å². The Labute approximate surface area is 558 Å². The number of H-pyrrole nitrogens is 1. The van der Waals surface area contributed by atoms with Crippen molar-refractivity contribution in [2.45, 2.75) is 91.1 Å². The highest BCUT2D eigenvalue weighted by Crippen LogP contribution is 2.32. The van der Waals surface area contributed by atoms with Gasteiger partial charge in [-0.1, -0.05) is 50.2 Å². The van der Waals surface area contributed by atoms with Gasteiger partial charge in [0.15, 0.2) is 0 Å². The molecule has 9 amide bonds. The number of amides is 9. The van der Waals surface area contributed by atoms with Gasteiger partial charge in [0.1, 0.15) is 48.7 Å². The van der Waals surface area contributed by atoms with Gasteiger partial charge in [-0.15, -0.1) is 0 Å². The van der Waals surface area contributed by atoms with Gasteiger partial charge in [0.2, 0.25) is 23.6 Å². The topological polar surface area (TPSA) is 397 Å². The molecule has 30 heteroatoms. The van der Waals surface area contributed by atoms with Crippen LogP contribution in [0, 0.1) is 25.6 Å². The number of carboxylic acid groups (broad SMARTS) is 1. The summed E-state index contributed by atoms with van der Waals surface area (Å²) in [4.78, 5) is 132. The second-order valence-corrected chi connectivity index (χ2v) is 22.6. The van der Waals surface area contributed by atoms with Crippen molar-refractivity contribution in [2.75, 3.05) is 89.7 Å². The molecule has 0 saturated carbocycles. The number of aryl methyl sites for hydroxylation is 2. The number of hydrogen-bond acceptors (Lipinski definition) is 19. The number of anilines is 2. The van der Waals surface area contributed by atoms with Crippen LogP contribution in [0.5, 0.6) is 5.75 Å². The Morgan fingerprint density at radius 2 is 1.40 bits per heavy atom. The summed E-state index contributed by atoms with van der Waals surface area (Å²) in [5.74, 6) is -4.74. The van der Waals surface area contributed by atoms with E-state index in [1.165, 1.54) is 12.2 Å².